The van der Waals surface area contributed by atoms with Gasteiger partial charge in [0, 0.05) is 49.0 Å². The van der Waals surface area contributed by atoms with Crippen LogP contribution in [-0.4, -0.2) is 43.8 Å². The minimum absolute atomic E-state index is 0.0112. The monoisotopic (exact) mass is 395 g/mol. The number of nitro benzene ring substituents is 1. The first-order valence-electron chi connectivity index (χ1n) is 8.05. The zero-order valence-corrected chi connectivity index (χ0v) is 15.7. The Balaban J connectivity index is 1.80. The van der Waals surface area contributed by atoms with E-state index in [-0.39, 0.29) is 10.6 Å². The molecule has 9 heteroatoms. The van der Waals surface area contributed by atoms with E-state index in [0.717, 1.165) is 11.8 Å². The summed E-state index contributed by atoms with van der Waals surface area (Å²) in [5.41, 5.74) is 1.21. The molecule has 3 rings (SSSR count). The van der Waals surface area contributed by atoms with E-state index in [1.54, 1.807) is 13.0 Å². The number of hydrogen-bond donors (Lipinski definition) is 0. The minimum atomic E-state index is -3.79. The second kappa shape index (κ2) is 7.22. The Hall–Kier alpha value is -2.16. The molecule has 0 atom stereocenters. The van der Waals surface area contributed by atoms with Crippen molar-refractivity contribution in [2.24, 2.45) is 0 Å². The van der Waals surface area contributed by atoms with E-state index >= 15 is 0 Å². The first-order chi connectivity index (χ1) is 12.3. The van der Waals surface area contributed by atoms with Crippen LogP contribution in [-0.2, 0) is 10.0 Å². The lowest BCUT2D eigenvalue weighted by Gasteiger charge is -2.35. The Labute approximate surface area is 157 Å². The Bertz CT molecular complexity index is 941. The number of anilines is 1. The molecule has 1 aliphatic heterocycles. The Kier molecular flexibility index (Phi) is 5.17. The van der Waals surface area contributed by atoms with Gasteiger partial charge in [-0.2, -0.15) is 4.31 Å². The fourth-order valence-corrected chi connectivity index (χ4v) is 4.83. The van der Waals surface area contributed by atoms with Gasteiger partial charge in [0.2, 0.25) is 10.0 Å². The van der Waals surface area contributed by atoms with Crippen molar-refractivity contribution in [3.8, 4) is 0 Å². The Morgan fingerprint density at radius 2 is 1.77 bits per heavy atom. The largest absolute Gasteiger partial charge is 0.369 e. The highest BCUT2D eigenvalue weighted by Gasteiger charge is 2.31. The van der Waals surface area contributed by atoms with Crippen LogP contribution in [0.1, 0.15) is 5.56 Å². The summed E-state index contributed by atoms with van der Waals surface area (Å²) in [5, 5.41) is 11.6. The summed E-state index contributed by atoms with van der Waals surface area (Å²) >= 11 is 6.02. The molecule has 1 fully saturated rings. The normalized spacial score (nSPS) is 15.8. The van der Waals surface area contributed by atoms with Crippen molar-refractivity contribution in [3.63, 3.8) is 0 Å². The molecule has 2 aromatic rings. The molecular formula is C17H18ClN3O4S. The van der Waals surface area contributed by atoms with Crippen LogP contribution in [0.2, 0.25) is 5.02 Å². The molecule has 1 saturated heterocycles. The Morgan fingerprint density at radius 3 is 2.38 bits per heavy atom. The third-order valence-electron chi connectivity index (χ3n) is 4.41. The molecule has 7 nitrogen and oxygen atoms in total. The zero-order valence-electron chi connectivity index (χ0n) is 14.1. The van der Waals surface area contributed by atoms with Crippen molar-refractivity contribution in [1.82, 2.24) is 4.31 Å². The molecule has 0 N–H and O–H groups in total. The fourth-order valence-electron chi connectivity index (χ4n) is 2.98. The first-order valence-corrected chi connectivity index (χ1v) is 9.86. The molecule has 26 heavy (non-hydrogen) atoms. The highest BCUT2D eigenvalue weighted by molar-refractivity contribution is 7.89. The number of sulfonamides is 1. The van der Waals surface area contributed by atoms with E-state index < -0.39 is 14.9 Å². The third kappa shape index (κ3) is 3.67. The summed E-state index contributed by atoms with van der Waals surface area (Å²) in [7, 11) is -3.79. The van der Waals surface area contributed by atoms with E-state index in [9.17, 15) is 18.5 Å². The number of halogens is 1. The standard InChI is InChI=1S/C17H18ClN3O4S/c1-13-5-6-16(21(22)23)12-17(13)26(24,25)20-9-7-19(8-10-20)15-4-2-3-14(18)11-15/h2-6,11-12H,7-10H2,1H3. The SMILES string of the molecule is Cc1ccc([N+](=O)[O-])cc1S(=O)(=O)N1CCN(c2cccc(Cl)c2)CC1. The van der Waals surface area contributed by atoms with E-state index in [1.165, 1.54) is 16.4 Å². The molecule has 0 radical (unpaired) electrons. The van der Waals surface area contributed by atoms with Gasteiger partial charge in [-0.05, 0) is 30.7 Å². The number of aryl methyl sites for hydroxylation is 1. The van der Waals surface area contributed by atoms with Crippen LogP contribution in [0.25, 0.3) is 0 Å². The molecule has 2 aromatic carbocycles. The van der Waals surface area contributed by atoms with Crippen LogP contribution in [0.5, 0.6) is 0 Å². The van der Waals surface area contributed by atoms with Crippen molar-refractivity contribution in [3.05, 3.63) is 63.2 Å². The smallest absolute Gasteiger partial charge is 0.270 e. The van der Waals surface area contributed by atoms with Gasteiger partial charge in [-0.3, -0.25) is 10.1 Å². The number of non-ortho nitro benzene ring substituents is 1. The maximum absolute atomic E-state index is 12.9. The fraction of sp³-hybridized carbons (Fsp3) is 0.294. The molecule has 0 bridgehead atoms. The van der Waals surface area contributed by atoms with Crippen molar-refractivity contribution >= 4 is 33.0 Å². The van der Waals surface area contributed by atoms with Crippen LogP contribution in [0.15, 0.2) is 47.4 Å². The second-order valence-corrected chi connectivity index (χ2v) is 8.42. The van der Waals surface area contributed by atoms with Crippen molar-refractivity contribution < 1.29 is 13.3 Å². The maximum atomic E-state index is 12.9. The number of piperazine rings is 1. The molecule has 0 amide bonds. The Morgan fingerprint density at radius 1 is 1.08 bits per heavy atom. The van der Waals surface area contributed by atoms with Crippen LogP contribution in [0.4, 0.5) is 11.4 Å². The predicted molar refractivity (Wildman–Crippen MR) is 100 cm³/mol. The molecule has 0 aromatic heterocycles. The summed E-state index contributed by atoms with van der Waals surface area (Å²) < 4.78 is 27.3. The van der Waals surface area contributed by atoms with Gasteiger partial charge in [-0.25, -0.2) is 8.42 Å². The summed E-state index contributed by atoms with van der Waals surface area (Å²) in [4.78, 5) is 12.4. The maximum Gasteiger partial charge on any atom is 0.270 e. The van der Waals surface area contributed by atoms with Gasteiger partial charge in [0.15, 0.2) is 0 Å². The summed E-state index contributed by atoms with van der Waals surface area (Å²) in [6, 6.07) is 11.3. The summed E-state index contributed by atoms with van der Waals surface area (Å²) in [6.45, 7) is 3.29. The molecule has 0 saturated carbocycles. The van der Waals surface area contributed by atoms with Gasteiger partial charge in [0.05, 0.1) is 9.82 Å². The van der Waals surface area contributed by atoms with E-state index in [4.69, 9.17) is 11.6 Å². The van der Waals surface area contributed by atoms with Crippen LogP contribution in [0, 0.1) is 17.0 Å². The molecule has 0 unspecified atom stereocenters. The van der Waals surface area contributed by atoms with Crippen LogP contribution in [0.3, 0.4) is 0 Å². The van der Waals surface area contributed by atoms with Gasteiger partial charge in [0.1, 0.15) is 0 Å². The molecule has 0 spiro atoms. The quantitative estimate of drug-likeness (QED) is 0.586. The van der Waals surface area contributed by atoms with Gasteiger partial charge < -0.3 is 4.90 Å². The highest BCUT2D eigenvalue weighted by atomic mass is 35.5. The van der Waals surface area contributed by atoms with Crippen molar-refractivity contribution in [2.75, 3.05) is 31.1 Å². The number of nitrogens with zero attached hydrogens (tertiary/aromatic N) is 3. The number of nitro groups is 1. The molecule has 138 valence electrons. The number of benzene rings is 2. The third-order valence-corrected chi connectivity index (χ3v) is 6.69. The first kappa shape index (κ1) is 18.6. The molecular weight excluding hydrogens is 378 g/mol. The van der Waals surface area contributed by atoms with E-state index in [0.29, 0.717) is 36.8 Å². The average Bonchev–Trinajstić information content (AvgIpc) is 2.62. The van der Waals surface area contributed by atoms with E-state index in [2.05, 4.69) is 4.90 Å². The average molecular weight is 396 g/mol. The van der Waals surface area contributed by atoms with Crippen molar-refractivity contribution in [2.45, 2.75) is 11.8 Å². The lowest BCUT2D eigenvalue weighted by molar-refractivity contribution is -0.385. The van der Waals surface area contributed by atoms with Gasteiger partial charge in [-0.15, -0.1) is 0 Å². The minimum Gasteiger partial charge on any atom is -0.369 e. The molecule has 0 aliphatic carbocycles. The summed E-state index contributed by atoms with van der Waals surface area (Å²) in [5.74, 6) is 0. The lowest BCUT2D eigenvalue weighted by atomic mass is 10.2. The molecule has 1 heterocycles. The van der Waals surface area contributed by atoms with Gasteiger partial charge in [0.25, 0.3) is 5.69 Å². The van der Waals surface area contributed by atoms with Gasteiger partial charge in [-0.1, -0.05) is 23.7 Å². The molecule has 1 aliphatic rings. The summed E-state index contributed by atoms with van der Waals surface area (Å²) in [6.07, 6.45) is 0. The highest BCUT2D eigenvalue weighted by Crippen LogP contribution is 2.27. The van der Waals surface area contributed by atoms with Crippen LogP contribution >= 0.6 is 11.6 Å². The second-order valence-electron chi connectivity index (χ2n) is 6.08. The number of hydrogen-bond acceptors (Lipinski definition) is 5. The van der Waals surface area contributed by atoms with E-state index in [1.807, 2.05) is 18.2 Å². The predicted octanol–water partition coefficient (Wildman–Crippen LogP) is 3.07. The van der Waals surface area contributed by atoms with Crippen molar-refractivity contribution in [1.29, 1.82) is 0 Å². The van der Waals surface area contributed by atoms with Crippen LogP contribution < -0.4 is 4.90 Å². The lowest BCUT2D eigenvalue weighted by Crippen LogP contribution is -2.48. The zero-order chi connectivity index (χ0) is 18.9. The topological polar surface area (TPSA) is 83.8 Å². The number of rotatable bonds is 4. The van der Waals surface area contributed by atoms with Gasteiger partial charge >= 0.3 is 0 Å².